The van der Waals surface area contributed by atoms with E-state index in [-0.39, 0.29) is 5.82 Å². The van der Waals surface area contributed by atoms with Gasteiger partial charge in [0.1, 0.15) is 11.6 Å². The second-order valence-corrected chi connectivity index (χ2v) is 4.34. The van der Waals surface area contributed by atoms with Gasteiger partial charge in [0.25, 0.3) is 0 Å². The van der Waals surface area contributed by atoms with Gasteiger partial charge >= 0.3 is 0 Å². The number of rotatable bonds is 8. The van der Waals surface area contributed by atoms with Crippen molar-refractivity contribution in [3.8, 4) is 5.75 Å². The molecule has 0 radical (unpaired) electrons. The van der Waals surface area contributed by atoms with Gasteiger partial charge in [-0.05, 0) is 44.7 Å². The summed E-state index contributed by atoms with van der Waals surface area (Å²) in [7, 11) is 0. The summed E-state index contributed by atoms with van der Waals surface area (Å²) in [6.07, 6.45) is 5.34. The molecule has 0 amide bonds. The first-order valence-corrected chi connectivity index (χ1v) is 6.36. The van der Waals surface area contributed by atoms with Crippen LogP contribution in [0.3, 0.4) is 0 Å². The Morgan fingerprint density at radius 1 is 1.39 bits per heavy atom. The van der Waals surface area contributed by atoms with Crippen LogP contribution in [-0.4, -0.2) is 11.7 Å². The van der Waals surface area contributed by atoms with Crippen LogP contribution in [0.5, 0.6) is 5.75 Å². The fraction of sp³-hybridized carbons (Fsp3) is 0.467. The SMILES string of the molecule is C=CCCCCCOc1cc(F)ccc1C(C)O. The number of ether oxygens (including phenoxy) is 1. The molecule has 0 aliphatic heterocycles. The molecule has 0 spiro atoms. The summed E-state index contributed by atoms with van der Waals surface area (Å²) in [4.78, 5) is 0. The lowest BCUT2D eigenvalue weighted by Crippen LogP contribution is -2.03. The zero-order valence-electron chi connectivity index (χ0n) is 10.9. The fourth-order valence-corrected chi connectivity index (χ4v) is 1.73. The summed E-state index contributed by atoms with van der Waals surface area (Å²) in [5.74, 6) is 0.0924. The third-order valence-corrected chi connectivity index (χ3v) is 2.74. The lowest BCUT2D eigenvalue weighted by molar-refractivity contribution is 0.190. The summed E-state index contributed by atoms with van der Waals surface area (Å²) in [6.45, 7) is 5.85. The van der Waals surface area contributed by atoms with Crippen molar-refractivity contribution in [2.75, 3.05) is 6.61 Å². The maximum atomic E-state index is 13.1. The van der Waals surface area contributed by atoms with Gasteiger partial charge in [0.05, 0.1) is 12.7 Å². The molecule has 0 aliphatic rings. The molecule has 1 aromatic rings. The van der Waals surface area contributed by atoms with Gasteiger partial charge in [-0.25, -0.2) is 4.39 Å². The first-order chi connectivity index (χ1) is 8.65. The van der Waals surface area contributed by atoms with Crippen molar-refractivity contribution in [2.45, 2.75) is 38.7 Å². The first kappa shape index (κ1) is 14.7. The van der Waals surface area contributed by atoms with E-state index in [2.05, 4.69) is 6.58 Å². The fourth-order valence-electron chi connectivity index (χ4n) is 1.73. The predicted molar refractivity (Wildman–Crippen MR) is 71.2 cm³/mol. The largest absolute Gasteiger partial charge is 0.493 e. The van der Waals surface area contributed by atoms with Gasteiger partial charge in [0.2, 0.25) is 0 Å². The highest BCUT2D eigenvalue weighted by molar-refractivity contribution is 5.35. The monoisotopic (exact) mass is 252 g/mol. The Kier molecular flexibility index (Phi) is 6.44. The number of aliphatic hydroxyl groups is 1. The van der Waals surface area contributed by atoms with Gasteiger partial charge < -0.3 is 9.84 Å². The van der Waals surface area contributed by atoms with E-state index in [1.807, 2.05) is 6.08 Å². The molecule has 1 aromatic carbocycles. The highest BCUT2D eigenvalue weighted by Crippen LogP contribution is 2.26. The molecule has 0 aliphatic carbocycles. The molecular formula is C15H21FO2. The number of hydrogen-bond donors (Lipinski definition) is 1. The molecule has 100 valence electrons. The normalized spacial score (nSPS) is 12.2. The lowest BCUT2D eigenvalue weighted by atomic mass is 10.1. The van der Waals surface area contributed by atoms with Crippen LogP contribution < -0.4 is 4.74 Å². The quantitative estimate of drug-likeness (QED) is 0.559. The molecule has 0 fully saturated rings. The molecule has 0 saturated carbocycles. The number of unbranched alkanes of at least 4 members (excludes halogenated alkanes) is 3. The second kappa shape index (κ2) is 7.88. The van der Waals surface area contributed by atoms with Crippen LogP contribution in [0.15, 0.2) is 30.9 Å². The number of aliphatic hydroxyl groups excluding tert-OH is 1. The Bertz CT molecular complexity index is 375. The molecule has 18 heavy (non-hydrogen) atoms. The van der Waals surface area contributed by atoms with Crippen LogP contribution >= 0.6 is 0 Å². The van der Waals surface area contributed by atoms with Crippen molar-refractivity contribution in [1.82, 2.24) is 0 Å². The van der Waals surface area contributed by atoms with Crippen molar-refractivity contribution in [2.24, 2.45) is 0 Å². The first-order valence-electron chi connectivity index (χ1n) is 6.36. The standard InChI is InChI=1S/C15H21FO2/c1-3-4-5-6-7-10-18-15-11-13(16)8-9-14(15)12(2)17/h3,8-9,11-12,17H,1,4-7,10H2,2H3. The Hall–Kier alpha value is -1.35. The van der Waals surface area contributed by atoms with Gasteiger partial charge in [0, 0.05) is 11.6 Å². The zero-order valence-corrected chi connectivity index (χ0v) is 10.9. The molecular weight excluding hydrogens is 231 g/mol. The molecule has 1 N–H and O–H groups in total. The van der Waals surface area contributed by atoms with E-state index >= 15 is 0 Å². The van der Waals surface area contributed by atoms with Gasteiger partial charge in [-0.1, -0.05) is 6.08 Å². The number of benzene rings is 1. The minimum absolute atomic E-state index is 0.346. The third-order valence-electron chi connectivity index (χ3n) is 2.74. The molecule has 0 heterocycles. The van der Waals surface area contributed by atoms with Crippen molar-refractivity contribution >= 4 is 0 Å². The summed E-state index contributed by atoms with van der Waals surface area (Å²) >= 11 is 0. The molecule has 0 bridgehead atoms. The van der Waals surface area contributed by atoms with E-state index in [0.29, 0.717) is 17.9 Å². The Morgan fingerprint density at radius 2 is 2.17 bits per heavy atom. The summed E-state index contributed by atoms with van der Waals surface area (Å²) in [6, 6.07) is 4.22. The van der Waals surface area contributed by atoms with Gasteiger partial charge in [-0.2, -0.15) is 0 Å². The van der Waals surface area contributed by atoms with Crippen LogP contribution in [0.2, 0.25) is 0 Å². The number of allylic oxidation sites excluding steroid dienone is 1. The predicted octanol–water partition coefficient (Wildman–Crippen LogP) is 4.00. The Labute approximate surface area is 108 Å². The highest BCUT2D eigenvalue weighted by atomic mass is 19.1. The molecule has 2 nitrogen and oxygen atoms in total. The molecule has 1 rings (SSSR count). The molecule has 1 atom stereocenters. The van der Waals surface area contributed by atoms with Crippen LogP contribution in [0.4, 0.5) is 4.39 Å². The van der Waals surface area contributed by atoms with E-state index in [1.165, 1.54) is 12.1 Å². The minimum Gasteiger partial charge on any atom is -0.493 e. The smallest absolute Gasteiger partial charge is 0.127 e. The summed E-state index contributed by atoms with van der Waals surface area (Å²) in [5, 5.41) is 9.55. The maximum Gasteiger partial charge on any atom is 0.127 e. The van der Waals surface area contributed by atoms with Crippen molar-refractivity contribution < 1.29 is 14.2 Å². The maximum absolute atomic E-state index is 13.1. The van der Waals surface area contributed by atoms with Gasteiger partial charge in [0.15, 0.2) is 0 Å². The average Bonchev–Trinajstić information content (AvgIpc) is 2.33. The highest BCUT2D eigenvalue weighted by Gasteiger charge is 2.10. The molecule has 3 heteroatoms. The molecule has 1 unspecified atom stereocenters. The van der Waals surface area contributed by atoms with Crippen LogP contribution in [-0.2, 0) is 0 Å². The Balaban J connectivity index is 2.45. The zero-order chi connectivity index (χ0) is 13.4. The average molecular weight is 252 g/mol. The summed E-state index contributed by atoms with van der Waals surface area (Å²) in [5.41, 5.74) is 0.627. The van der Waals surface area contributed by atoms with E-state index < -0.39 is 6.10 Å². The third kappa shape index (κ3) is 4.88. The molecule has 0 aromatic heterocycles. The van der Waals surface area contributed by atoms with E-state index in [4.69, 9.17) is 4.74 Å². The van der Waals surface area contributed by atoms with Gasteiger partial charge in [-0.15, -0.1) is 6.58 Å². The van der Waals surface area contributed by atoms with Crippen molar-refractivity contribution in [1.29, 1.82) is 0 Å². The number of hydrogen-bond acceptors (Lipinski definition) is 2. The van der Waals surface area contributed by atoms with Gasteiger partial charge in [-0.3, -0.25) is 0 Å². The van der Waals surface area contributed by atoms with Crippen LogP contribution in [0.1, 0.15) is 44.3 Å². The van der Waals surface area contributed by atoms with E-state index in [9.17, 15) is 9.50 Å². The topological polar surface area (TPSA) is 29.5 Å². The minimum atomic E-state index is -0.652. The second-order valence-electron chi connectivity index (χ2n) is 4.34. The molecule has 0 saturated heterocycles. The number of halogens is 1. The Morgan fingerprint density at radius 3 is 2.83 bits per heavy atom. The van der Waals surface area contributed by atoms with Crippen molar-refractivity contribution in [3.63, 3.8) is 0 Å². The van der Waals surface area contributed by atoms with Crippen LogP contribution in [0.25, 0.3) is 0 Å². The van der Waals surface area contributed by atoms with Crippen LogP contribution in [0, 0.1) is 5.82 Å². The lowest BCUT2D eigenvalue weighted by Gasteiger charge is -2.13. The van der Waals surface area contributed by atoms with Crippen molar-refractivity contribution in [3.05, 3.63) is 42.2 Å². The van der Waals surface area contributed by atoms with E-state index in [1.54, 1.807) is 13.0 Å². The van der Waals surface area contributed by atoms with E-state index in [0.717, 1.165) is 25.7 Å². The summed E-state index contributed by atoms with van der Waals surface area (Å²) < 4.78 is 18.6.